The van der Waals surface area contributed by atoms with E-state index in [1.54, 1.807) is 7.05 Å². The summed E-state index contributed by atoms with van der Waals surface area (Å²) < 4.78 is 0. The molecule has 3 aromatic rings. The largest absolute Gasteiger partial charge is 0.192 e. The Morgan fingerprint density at radius 3 is 1.07 bits per heavy atom. The first-order chi connectivity index (χ1) is 14.2. The molecule has 0 aliphatic carbocycles. The van der Waals surface area contributed by atoms with E-state index in [-0.39, 0.29) is 0 Å². The lowest BCUT2D eigenvalue weighted by Crippen LogP contribution is -1.67. The Morgan fingerprint density at radius 2 is 0.793 bits per heavy atom. The van der Waals surface area contributed by atoms with E-state index < -0.39 is 0 Å². The minimum atomic E-state index is 0.903. The molecule has 2 heteroatoms. The zero-order valence-electron chi connectivity index (χ0n) is 20.3. The topological polar surface area (TPSA) is 24.7 Å². The van der Waals surface area contributed by atoms with E-state index in [0.29, 0.717) is 0 Å². The molecule has 0 aromatic heterocycles. The highest BCUT2D eigenvalue weighted by molar-refractivity contribution is 5.81. The van der Waals surface area contributed by atoms with Gasteiger partial charge in [-0.1, -0.05) is 135 Å². The molecule has 0 amide bonds. The summed E-state index contributed by atoms with van der Waals surface area (Å²) in [6.07, 6.45) is 2.50. The fourth-order valence-electron chi connectivity index (χ4n) is 1.74. The van der Waals surface area contributed by atoms with Crippen LogP contribution in [0.2, 0.25) is 0 Å². The first-order valence-corrected chi connectivity index (χ1v) is 11.0. The third kappa shape index (κ3) is 20.1. The molecule has 0 atom stereocenters. The van der Waals surface area contributed by atoms with Crippen LogP contribution in [-0.2, 0) is 0 Å². The van der Waals surface area contributed by atoms with Crippen molar-refractivity contribution in [3.63, 3.8) is 0 Å². The molecule has 3 aromatic carbocycles. The number of hydrogen-bond acceptors (Lipinski definition) is 2. The van der Waals surface area contributed by atoms with Crippen molar-refractivity contribution in [2.45, 2.75) is 68.2 Å². The number of hydrogen-bond donors (Lipinski definition) is 0. The fraction of sp³-hybridized carbons (Fsp3) is 0.407. The lowest BCUT2D eigenvalue weighted by Gasteiger charge is -1.92. The van der Waals surface area contributed by atoms with Crippen molar-refractivity contribution in [3.05, 3.63) is 78.9 Å². The summed E-state index contributed by atoms with van der Waals surface area (Å²) in [5.74, 6) is 0. The fourth-order valence-corrected chi connectivity index (χ4v) is 1.74. The molecule has 0 fully saturated rings. The highest BCUT2D eigenvalue weighted by Gasteiger charge is 1.85. The molecule has 162 valence electrons. The standard InChI is InChI=1S/C10H8.C7H8N2.2C3H8.2C2H6/c1-2-6-10-8-4-3-7-9(10)5-1;1-8-9-7-5-3-2-4-6-7;2*1-3-2;2*1-2/h1-8H;2-6H,1H3;2*3H2,1-2H3;2*1-2H3. The number of azo groups is 1. The van der Waals surface area contributed by atoms with Gasteiger partial charge >= 0.3 is 0 Å². The SMILES string of the molecule is CC.CC.CCC.CCC.CN=Nc1ccccc1.c1ccc2ccccc2c1. The summed E-state index contributed by atoms with van der Waals surface area (Å²) in [6, 6.07) is 26.4. The van der Waals surface area contributed by atoms with Crippen LogP contribution in [0, 0.1) is 0 Å². The van der Waals surface area contributed by atoms with Gasteiger partial charge in [0.1, 0.15) is 0 Å². The van der Waals surface area contributed by atoms with Crippen molar-refractivity contribution < 1.29 is 0 Å². The van der Waals surface area contributed by atoms with Crippen molar-refractivity contribution in [3.8, 4) is 0 Å². The normalized spacial score (nSPS) is 8.31. The van der Waals surface area contributed by atoms with Crippen LogP contribution in [0.5, 0.6) is 0 Å². The van der Waals surface area contributed by atoms with Crippen LogP contribution < -0.4 is 0 Å². The van der Waals surface area contributed by atoms with Gasteiger partial charge in [-0.2, -0.15) is 10.2 Å². The molecule has 0 radical (unpaired) electrons. The van der Waals surface area contributed by atoms with Gasteiger partial charge in [-0.3, -0.25) is 0 Å². The average molecular weight is 397 g/mol. The van der Waals surface area contributed by atoms with Gasteiger partial charge in [0.2, 0.25) is 0 Å². The minimum absolute atomic E-state index is 0.903. The van der Waals surface area contributed by atoms with Gasteiger partial charge < -0.3 is 0 Å². The highest BCUT2D eigenvalue weighted by Crippen LogP contribution is 2.11. The second-order valence-electron chi connectivity index (χ2n) is 5.40. The Hall–Kier alpha value is -2.48. The van der Waals surface area contributed by atoms with Crippen molar-refractivity contribution in [1.82, 2.24) is 0 Å². The van der Waals surface area contributed by atoms with Gasteiger partial charge in [0.25, 0.3) is 0 Å². The zero-order valence-corrected chi connectivity index (χ0v) is 20.3. The average Bonchev–Trinajstić information content (AvgIpc) is 2.79. The van der Waals surface area contributed by atoms with E-state index in [1.807, 2.05) is 58.0 Å². The molecule has 2 nitrogen and oxygen atoms in total. The number of nitrogens with zero attached hydrogens (tertiary/aromatic N) is 2. The van der Waals surface area contributed by atoms with E-state index in [4.69, 9.17) is 0 Å². The number of rotatable bonds is 1. The summed E-state index contributed by atoms with van der Waals surface area (Å²) in [7, 11) is 1.66. The van der Waals surface area contributed by atoms with Gasteiger partial charge in [-0.25, -0.2) is 0 Å². The van der Waals surface area contributed by atoms with Gasteiger partial charge in [0.05, 0.1) is 5.69 Å². The molecule has 3 rings (SSSR count). The third-order valence-electron chi connectivity index (χ3n) is 2.63. The van der Waals surface area contributed by atoms with E-state index in [1.165, 1.54) is 23.6 Å². The van der Waals surface area contributed by atoms with Gasteiger partial charge in [0, 0.05) is 7.05 Å². The van der Waals surface area contributed by atoms with Crippen LogP contribution in [-0.4, -0.2) is 7.05 Å². The smallest absolute Gasteiger partial charge is 0.0852 e. The molecule has 0 saturated heterocycles. The summed E-state index contributed by atoms with van der Waals surface area (Å²) in [5.41, 5.74) is 0.903. The third-order valence-corrected chi connectivity index (χ3v) is 2.63. The predicted octanol–water partition coefficient (Wildman–Crippen LogP) is 10.1. The quantitative estimate of drug-likeness (QED) is 0.365. The first-order valence-electron chi connectivity index (χ1n) is 11.0. The van der Waals surface area contributed by atoms with Crippen LogP contribution >= 0.6 is 0 Å². The molecule has 0 unspecified atom stereocenters. The van der Waals surface area contributed by atoms with Crippen molar-refractivity contribution in [2.24, 2.45) is 10.2 Å². The maximum atomic E-state index is 3.83. The lowest BCUT2D eigenvalue weighted by atomic mass is 10.1. The summed E-state index contributed by atoms with van der Waals surface area (Å²) in [5, 5.41) is 10.1. The van der Waals surface area contributed by atoms with E-state index in [9.17, 15) is 0 Å². The molecule has 0 heterocycles. The number of benzene rings is 3. The summed E-state index contributed by atoms with van der Waals surface area (Å²) >= 11 is 0. The van der Waals surface area contributed by atoms with Crippen molar-refractivity contribution in [2.75, 3.05) is 7.05 Å². The second kappa shape index (κ2) is 27.7. The Labute approximate surface area is 181 Å². The van der Waals surface area contributed by atoms with Gasteiger partial charge in [-0.05, 0) is 22.9 Å². The zero-order chi connectivity index (χ0) is 22.8. The van der Waals surface area contributed by atoms with E-state index in [2.05, 4.69) is 86.5 Å². The van der Waals surface area contributed by atoms with E-state index >= 15 is 0 Å². The van der Waals surface area contributed by atoms with Crippen molar-refractivity contribution >= 4 is 16.5 Å². The Morgan fingerprint density at radius 1 is 0.517 bits per heavy atom. The molecule has 0 aliphatic heterocycles. The molecule has 29 heavy (non-hydrogen) atoms. The lowest BCUT2D eigenvalue weighted by molar-refractivity contribution is 1.09. The number of fused-ring (bicyclic) bond motifs is 1. The Kier molecular flexibility index (Phi) is 29.9. The Balaban J connectivity index is -0.000000327. The van der Waals surface area contributed by atoms with Gasteiger partial charge in [0.15, 0.2) is 0 Å². The van der Waals surface area contributed by atoms with Crippen LogP contribution in [0.4, 0.5) is 5.69 Å². The maximum Gasteiger partial charge on any atom is 0.0852 e. The second-order valence-corrected chi connectivity index (χ2v) is 5.40. The predicted molar refractivity (Wildman–Crippen MR) is 135 cm³/mol. The molecule has 0 N–H and O–H groups in total. The van der Waals surface area contributed by atoms with Gasteiger partial charge in [-0.15, -0.1) is 0 Å². The summed E-state index contributed by atoms with van der Waals surface area (Å²) in [6.45, 7) is 16.5. The maximum absolute atomic E-state index is 3.83. The molecular formula is C27H44N2. The monoisotopic (exact) mass is 396 g/mol. The highest BCUT2D eigenvalue weighted by atomic mass is 15.1. The van der Waals surface area contributed by atoms with Crippen LogP contribution in [0.25, 0.3) is 10.8 Å². The van der Waals surface area contributed by atoms with Crippen molar-refractivity contribution in [1.29, 1.82) is 0 Å². The molecule has 0 bridgehead atoms. The first kappa shape index (κ1) is 31.2. The molecule has 0 saturated carbocycles. The molecule has 0 spiro atoms. The minimum Gasteiger partial charge on any atom is -0.192 e. The van der Waals surface area contributed by atoms with E-state index in [0.717, 1.165) is 5.69 Å². The Bertz CT molecular complexity index is 609. The van der Waals surface area contributed by atoms with Crippen LogP contribution in [0.15, 0.2) is 89.1 Å². The summed E-state index contributed by atoms with van der Waals surface area (Å²) in [4.78, 5) is 0. The van der Waals surface area contributed by atoms with Crippen LogP contribution in [0.3, 0.4) is 0 Å². The molecule has 0 aliphatic rings. The van der Waals surface area contributed by atoms with Crippen LogP contribution in [0.1, 0.15) is 68.2 Å². The molecular weight excluding hydrogens is 352 g/mol.